The molecule has 7 nitrogen and oxygen atoms in total. The largest absolute Gasteiger partial charge is 0.490 e. The van der Waals surface area contributed by atoms with Crippen molar-refractivity contribution in [3.63, 3.8) is 0 Å². The van der Waals surface area contributed by atoms with Gasteiger partial charge >= 0.3 is 12.1 Å². The van der Waals surface area contributed by atoms with Crippen molar-refractivity contribution in [2.75, 3.05) is 25.0 Å². The maximum atomic E-state index is 11.4. The summed E-state index contributed by atoms with van der Waals surface area (Å²) in [4.78, 5) is 26.8. The van der Waals surface area contributed by atoms with Gasteiger partial charge in [-0.1, -0.05) is 0 Å². The summed E-state index contributed by atoms with van der Waals surface area (Å²) in [7, 11) is 1.61. The third-order valence-corrected chi connectivity index (χ3v) is 3.74. The molecule has 0 spiro atoms. The Labute approximate surface area is 135 Å². The highest BCUT2D eigenvalue weighted by Gasteiger charge is 2.38. The Bertz CT molecular complexity index is 590. The van der Waals surface area contributed by atoms with Gasteiger partial charge in [-0.3, -0.25) is 4.79 Å². The van der Waals surface area contributed by atoms with E-state index in [1.54, 1.807) is 19.3 Å². The first kappa shape index (κ1) is 18.0. The molecule has 3 aliphatic heterocycles. The van der Waals surface area contributed by atoms with Crippen LogP contribution in [0, 0.1) is 0 Å². The number of alkyl halides is 3. The van der Waals surface area contributed by atoms with E-state index in [9.17, 15) is 18.0 Å². The highest BCUT2D eigenvalue weighted by molar-refractivity contribution is 5.92. The Kier molecular flexibility index (Phi) is 5.27. The number of hydrogen-bond acceptors (Lipinski definition) is 5. The summed E-state index contributed by atoms with van der Waals surface area (Å²) in [5.74, 6) is -2.90. The molecule has 24 heavy (non-hydrogen) atoms. The van der Waals surface area contributed by atoms with E-state index in [4.69, 9.17) is 9.90 Å². The van der Waals surface area contributed by atoms with Crippen LogP contribution < -0.4 is 15.5 Å². The van der Waals surface area contributed by atoms with Crippen molar-refractivity contribution in [3.05, 3.63) is 24.0 Å². The second kappa shape index (κ2) is 7.04. The summed E-state index contributed by atoms with van der Waals surface area (Å²) in [5, 5.41) is 13.2. The number of carboxylic acids is 1. The van der Waals surface area contributed by atoms with Crippen molar-refractivity contribution in [2.24, 2.45) is 0 Å². The van der Waals surface area contributed by atoms with Crippen molar-refractivity contribution < 1.29 is 27.9 Å². The van der Waals surface area contributed by atoms with E-state index in [0.717, 1.165) is 18.8 Å². The number of aliphatic carboxylic acids is 1. The SMILES string of the molecule is CNC(=O)c1ccc(N2CC3CC(C2)N3)cn1.O=C(O)C(F)(F)F. The van der Waals surface area contributed by atoms with E-state index in [1.807, 2.05) is 6.07 Å². The Hall–Kier alpha value is -2.36. The number of halogens is 3. The van der Waals surface area contributed by atoms with Crippen molar-refractivity contribution in [1.29, 1.82) is 0 Å². The van der Waals surface area contributed by atoms with E-state index >= 15 is 0 Å². The third kappa shape index (κ3) is 4.34. The molecule has 3 saturated heterocycles. The number of piperidine rings is 1. The van der Waals surface area contributed by atoms with Crippen LogP contribution in [0.5, 0.6) is 0 Å². The lowest BCUT2D eigenvalue weighted by Crippen LogP contribution is -2.67. The molecule has 0 radical (unpaired) electrons. The number of amides is 1. The van der Waals surface area contributed by atoms with E-state index < -0.39 is 12.1 Å². The molecule has 1 aromatic heterocycles. The minimum absolute atomic E-state index is 0.139. The molecule has 4 rings (SSSR count). The summed E-state index contributed by atoms with van der Waals surface area (Å²) in [6.45, 7) is 2.08. The van der Waals surface area contributed by atoms with E-state index in [2.05, 4.69) is 20.5 Å². The molecule has 1 amide bonds. The monoisotopic (exact) mass is 346 g/mol. The zero-order chi connectivity index (χ0) is 17.9. The minimum atomic E-state index is -5.08. The maximum absolute atomic E-state index is 11.4. The predicted octanol–water partition coefficient (Wildman–Crippen LogP) is 0.625. The van der Waals surface area contributed by atoms with Crippen LogP contribution in [0.1, 0.15) is 16.9 Å². The second-order valence-corrected chi connectivity index (χ2v) is 5.48. The molecule has 0 aliphatic carbocycles. The molecule has 3 fully saturated rings. The Morgan fingerprint density at radius 3 is 2.25 bits per heavy atom. The molecular weight excluding hydrogens is 329 g/mol. The Morgan fingerprint density at radius 2 is 1.88 bits per heavy atom. The fourth-order valence-corrected chi connectivity index (χ4v) is 2.56. The van der Waals surface area contributed by atoms with Gasteiger partial charge in [0.15, 0.2) is 0 Å². The van der Waals surface area contributed by atoms with E-state index in [1.165, 1.54) is 6.42 Å². The molecular formula is C14H17F3N4O3. The molecule has 2 unspecified atom stereocenters. The van der Waals surface area contributed by atoms with Crippen LogP contribution in [0.3, 0.4) is 0 Å². The Morgan fingerprint density at radius 1 is 1.33 bits per heavy atom. The molecule has 3 aliphatic rings. The maximum Gasteiger partial charge on any atom is 0.490 e. The summed E-state index contributed by atoms with van der Waals surface area (Å²) >= 11 is 0. The van der Waals surface area contributed by atoms with Crippen LogP contribution in [0.25, 0.3) is 0 Å². The van der Waals surface area contributed by atoms with Gasteiger partial charge in [0.2, 0.25) is 0 Å². The van der Waals surface area contributed by atoms with Crippen LogP contribution in [-0.2, 0) is 4.79 Å². The van der Waals surface area contributed by atoms with Crippen LogP contribution >= 0.6 is 0 Å². The molecule has 0 aromatic carbocycles. The average molecular weight is 346 g/mol. The summed E-state index contributed by atoms with van der Waals surface area (Å²) in [6, 6.07) is 5.02. The zero-order valence-corrected chi connectivity index (χ0v) is 12.8. The predicted molar refractivity (Wildman–Crippen MR) is 78.9 cm³/mol. The number of fused-ring (bicyclic) bond motifs is 2. The molecule has 0 saturated carbocycles. The number of hydrogen-bond donors (Lipinski definition) is 3. The van der Waals surface area contributed by atoms with Gasteiger partial charge in [-0.2, -0.15) is 13.2 Å². The Balaban J connectivity index is 0.000000256. The number of rotatable bonds is 2. The van der Waals surface area contributed by atoms with Crippen LogP contribution in [0.4, 0.5) is 18.9 Å². The molecule has 132 valence electrons. The highest BCUT2D eigenvalue weighted by Crippen LogP contribution is 2.25. The third-order valence-electron chi connectivity index (χ3n) is 3.74. The topological polar surface area (TPSA) is 94.6 Å². The number of pyridine rings is 1. The van der Waals surface area contributed by atoms with Gasteiger partial charge in [0.05, 0.1) is 11.9 Å². The fourth-order valence-electron chi connectivity index (χ4n) is 2.56. The van der Waals surface area contributed by atoms with Gasteiger partial charge in [-0.05, 0) is 18.6 Å². The molecule has 1 aromatic rings. The number of carbonyl (C=O) groups excluding carboxylic acids is 1. The van der Waals surface area contributed by atoms with Crippen molar-refractivity contribution >= 4 is 17.6 Å². The lowest BCUT2D eigenvalue weighted by molar-refractivity contribution is -0.192. The number of piperazine rings is 1. The summed E-state index contributed by atoms with van der Waals surface area (Å²) in [6.07, 6.45) is -2.00. The number of carboxylic acid groups (broad SMARTS) is 1. The lowest BCUT2D eigenvalue weighted by Gasteiger charge is -2.49. The highest BCUT2D eigenvalue weighted by atomic mass is 19.4. The first-order valence-corrected chi connectivity index (χ1v) is 7.20. The van der Waals surface area contributed by atoms with Crippen LogP contribution in [-0.4, -0.2) is 60.4 Å². The number of carbonyl (C=O) groups is 2. The lowest BCUT2D eigenvalue weighted by atomic mass is 9.91. The first-order valence-electron chi connectivity index (χ1n) is 7.20. The second-order valence-electron chi connectivity index (χ2n) is 5.48. The van der Waals surface area contributed by atoms with E-state index in [-0.39, 0.29) is 5.91 Å². The van der Waals surface area contributed by atoms with E-state index in [0.29, 0.717) is 17.8 Å². The smallest absolute Gasteiger partial charge is 0.475 e. The van der Waals surface area contributed by atoms with Gasteiger partial charge in [0.25, 0.3) is 5.91 Å². The van der Waals surface area contributed by atoms with Gasteiger partial charge in [0.1, 0.15) is 5.69 Å². The fraction of sp³-hybridized carbons (Fsp3) is 0.500. The van der Waals surface area contributed by atoms with Crippen molar-refractivity contribution in [2.45, 2.75) is 24.7 Å². The number of nitrogens with one attached hydrogen (secondary N) is 2. The quantitative estimate of drug-likeness (QED) is 0.727. The van der Waals surface area contributed by atoms with Gasteiger partial charge in [-0.25, -0.2) is 9.78 Å². The molecule has 3 N–H and O–H groups in total. The summed E-state index contributed by atoms with van der Waals surface area (Å²) < 4.78 is 31.7. The van der Waals surface area contributed by atoms with Gasteiger partial charge in [-0.15, -0.1) is 0 Å². The molecule has 4 heterocycles. The number of nitrogens with zero attached hydrogens (tertiary/aromatic N) is 2. The van der Waals surface area contributed by atoms with Gasteiger partial charge in [0, 0.05) is 32.2 Å². The zero-order valence-electron chi connectivity index (χ0n) is 12.8. The van der Waals surface area contributed by atoms with Crippen LogP contribution in [0.2, 0.25) is 0 Å². The van der Waals surface area contributed by atoms with Crippen LogP contribution in [0.15, 0.2) is 18.3 Å². The molecule has 2 bridgehead atoms. The van der Waals surface area contributed by atoms with Gasteiger partial charge < -0.3 is 20.6 Å². The summed E-state index contributed by atoms with van der Waals surface area (Å²) in [5.41, 5.74) is 1.57. The minimum Gasteiger partial charge on any atom is -0.475 e. The van der Waals surface area contributed by atoms with Crippen molar-refractivity contribution in [3.8, 4) is 0 Å². The normalized spacial score (nSPS) is 21.9. The number of aromatic nitrogens is 1. The molecule has 2 atom stereocenters. The first-order chi connectivity index (χ1) is 11.2. The standard InChI is InChI=1S/C12H16N4O.C2HF3O2/c1-13-12(17)11-3-2-10(5-14-11)16-6-8-4-9(7-16)15-8;3-2(4,5)1(6)7/h2-3,5,8-9,15H,4,6-7H2,1H3,(H,13,17);(H,6,7). The molecule has 10 heteroatoms. The average Bonchev–Trinajstić information content (AvgIpc) is 2.53. The number of anilines is 1. The van der Waals surface area contributed by atoms with Crippen molar-refractivity contribution in [1.82, 2.24) is 15.6 Å².